The van der Waals surface area contributed by atoms with Crippen LogP contribution >= 0.6 is 0 Å². The van der Waals surface area contributed by atoms with E-state index in [-0.39, 0.29) is 0 Å². The molecule has 0 atom stereocenters. The summed E-state index contributed by atoms with van der Waals surface area (Å²) in [6.07, 6.45) is -1.31. The molecule has 2 aromatic heterocycles. The van der Waals surface area contributed by atoms with E-state index in [1.807, 2.05) is 0 Å². The number of nitrogens with one attached hydrogen (secondary N) is 2. The number of halogens is 6. The van der Waals surface area contributed by atoms with E-state index >= 15 is 0 Å². The number of hydrogen-bond acceptors (Lipinski definition) is 6. The lowest BCUT2D eigenvalue weighted by molar-refractivity contribution is -0.683. The van der Waals surface area contributed by atoms with Gasteiger partial charge >= 0.3 is 12.4 Å². The van der Waals surface area contributed by atoms with Crippen LogP contribution in [0.15, 0.2) is 73.1 Å². The van der Waals surface area contributed by atoms with Gasteiger partial charge in [-0.1, -0.05) is 24.3 Å². The summed E-state index contributed by atoms with van der Waals surface area (Å²) < 4.78 is 67.9. The van der Waals surface area contributed by atoms with Gasteiger partial charge in [0.15, 0.2) is 12.4 Å². The van der Waals surface area contributed by atoms with Crippen LogP contribution < -0.4 is 30.0 Å². The number of anilines is 2. The van der Waals surface area contributed by atoms with Crippen LogP contribution in [0.2, 0.25) is 0 Å². The van der Waals surface area contributed by atoms with Crippen LogP contribution in [0.5, 0.6) is 0 Å². The molecule has 2 aliphatic rings. The number of carbonyl (C=O) groups is 2. The summed E-state index contributed by atoms with van der Waals surface area (Å²) in [6.45, 7) is 4.06. The smallest absolute Gasteiger partial charge is 0.430 e. The molecule has 44 heavy (non-hydrogen) atoms. The van der Waals surface area contributed by atoms with Crippen molar-refractivity contribution < 1.29 is 55.3 Å². The minimum absolute atomic E-state index is 0.991. The molecule has 0 unspecified atom stereocenters. The zero-order valence-corrected chi connectivity index (χ0v) is 23.4. The minimum Gasteiger partial charge on any atom is -0.542 e. The molecule has 8 nitrogen and oxygen atoms in total. The van der Waals surface area contributed by atoms with Crippen LogP contribution in [-0.2, 0) is 22.7 Å². The van der Waals surface area contributed by atoms with E-state index in [9.17, 15) is 26.3 Å². The lowest BCUT2D eigenvalue weighted by Crippen LogP contribution is -2.37. The molecular weight excluding hydrogens is 594 g/mol. The molecule has 236 valence electrons. The zero-order chi connectivity index (χ0) is 32.3. The Balaban J connectivity index is 0.000000317. The van der Waals surface area contributed by atoms with E-state index in [2.05, 4.69) is 92.8 Å². The molecule has 0 amide bonds. The number of hydrogen-bond donors (Lipinski definition) is 2. The maximum atomic E-state index is 10.5. The minimum atomic E-state index is -5.19. The van der Waals surface area contributed by atoms with Gasteiger partial charge < -0.3 is 30.4 Å². The summed E-state index contributed by atoms with van der Waals surface area (Å²) in [5.74, 6) is -6.01. The Morgan fingerprint density at radius 2 is 0.932 bits per heavy atom. The maximum absolute atomic E-state index is 10.5. The van der Waals surface area contributed by atoms with Crippen LogP contribution in [0.3, 0.4) is 0 Å². The van der Waals surface area contributed by atoms with Gasteiger partial charge in [-0.2, -0.15) is 35.5 Å². The normalized spacial score (nSPS) is 14.1. The Hall–Kier alpha value is -4.62. The van der Waals surface area contributed by atoms with E-state index in [0.717, 1.165) is 51.9 Å². The first-order valence-electron chi connectivity index (χ1n) is 13.7. The second kappa shape index (κ2) is 15.2. The molecule has 0 radical (unpaired) electrons. The van der Waals surface area contributed by atoms with Gasteiger partial charge in [0.05, 0.1) is 22.1 Å². The van der Waals surface area contributed by atoms with E-state index in [1.165, 1.54) is 33.2 Å². The van der Waals surface area contributed by atoms with E-state index < -0.39 is 24.3 Å². The van der Waals surface area contributed by atoms with Gasteiger partial charge in [-0.25, -0.2) is 0 Å². The number of carboxylic acid groups (broad SMARTS) is 2. The summed E-state index contributed by atoms with van der Waals surface area (Å²) in [7, 11) is 0. The number of para-hydroxylation sites is 2. The van der Waals surface area contributed by atoms with Crippen LogP contribution in [-0.4, -0.2) is 37.4 Å². The first kappa shape index (κ1) is 33.9. The third-order valence-corrected chi connectivity index (χ3v) is 6.59. The van der Waals surface area contributed by atoms with Crippen LogP contribution in [0.4, 0.5) is 37.7 Å². The molecule has 2 aliphatic heterocycles. The largest absolute Gasteiger partial charge is 0.542 e. The van der Waals surface area contributed by atoms with Crippen molar-refractivity contribution in [1.29, 1.82) is 0 Å². The van der Waals surface area contributed by atoms with Crippen molar-refractivity contribution in [2.24, 2.45) is 0 Å². The van der Waals surface area contributed by atoms with Crippen LogP contribution in [0, 0.1) is 0 Å². The zero-order valence-electron chi connectivity index (χ0n) is 23.4. The molecular formula is C30H30F6N4O4. The quantitative estimate of drug-likeness (QED) is 0.230. The number of fused-ring (bicyclic) bond motifs is 10. The lowest BCUT2D eigenvalue weighted by Gasteiger charge is -2.12. The van der Waals surface area contributed by atoms with Crippen molar-refractivity contribution in [1.82, 2.24) is 0 Å². The molecule has 14 heteroatoms. The highest BCUT2D eigenvalue weighted by molar-refractivity contribution is 5.89. The highest BCUT2D eigenvalue weighted by atomic mass is 19.4. The van der Waals surface area contributed by atoms with Gasteiger partial charge in [-0.05, 0) is 25.0 Å². The Kier molecular flexibility index (Phi) is 11.7. The maximum Gasteiger partial charge on any atom is 0.430 e. The number of aliphatic carboxylic acids is 2. The second-order valence-corrected chi connectivity index (χ2v) is 9.72. The molecule has 0 spiro atoms. The fourth-order valence-electron chi connectivity index (χ4n) is 4.53. The summed E-state index contributed by atoms with van der Waals surface area (Å²) in [5, 5.41) is 27.5. The molecule has 6 rings (SSSR count). The first-order valence-corrected chi connectivity index (χ1v) is 13.7. The SMILES string of the molecule is O=C([O-])C(F)(F)F.O=C([O-])C(F)(F)F.c1ccc2c(c1)c1cc[n+]2CCCC[n+]2ccc(c3ccccc32)NCCCCN1. The van der Waals surface area contributed by atoms with Crippen LogP contribution in [0.25, 0.3) is 21.8 Å². The lowest BCUT2D eigenvalue weighted by atomic mass is 10.1. The Labute approximate surface area is 248 Å². The molecule has 0 fully saturated rings. The van der Waals surface area contributed by atoms with Crippen molar-refractivity contribution in [2.45, 2.75) is 51.1 Å². The highest BCUT2D eigenvalue weighted by Crippen LogP contribution is 2.22. The molecule has 0 saturated heterocycles. The number of rotatable bonds is 0. The van der Waals surface area contributed by atoms with Crippen molar-refractivity contribution in [3.05, 3.63) is 73.1 Å². The number of aryl methyl sites for hydroxylation is 2. The number of nitrogens with zero attached hydrogens (tertiary/aromatic N) is 2. The third-order valence-electron chi connectivity index (χ3n) is 6.59. The summed E-state index contributed by atoms with van der Waals surface area (Å²) in [4.78, 5) is 17.6. The molecule has 2 N–H and O–H groups in total. The van der Waals surface area contributed by atoms with Crippen molar-refractivity contribution >= 4 is 45.1 Å². The molecule has 0 aliphatic carbocycles. The first-order chi connectivity index (χ1) is 20.8. The van der Waals surface area contributed by atoms with E-state index in [4.69, 9.17) is 19.8 Å². The second-order valence-electron chi connectivity index (χ2n) is 9.72. The van der Waals surface area contributed by atoms with Gasteiger partial charge in [0, 0.05) is 50.2 Å². The Bertz CT molecular complexity index is 1460. The molecule has 4 bridgehead atoms. The predicted octanol–water partition coefficient (Wildman–Crippen LogP) is 3.26. The third kappa shape index (κ3) is 9.71. The van der Waals surface area contributed by atoms with Crippen LogP contribution in [0.1, 0.15) is 25.7 Å². The molecule has 2 aromatic carbocycles. The monoisotopic (exact) mass is 624 g/mol. The van der Waals surface area contributed by atoms with Gasteiger partial charge in [0.1, 0.15) is 25.0 Å². The number of carbonyl (C=O) groups excluding carboxylic acids is 2. The van der Waals surface area contributed by atoms with Crippen molar-refractivity contribution in [2.75, 3.05) is 23.7 Å². The fourth-order valence-corrected chi connectivity index (χ4v) is 4.53. The molecule has 4 aromatic rings. The highest BCUT2D eigenvalue weighted by Gasteiger charge is 2.29. The fraction of sp³-hybridized carbons (Fsp3) is 0.333. The Morgan fingerprint density at radius 1 is 0.591 bits per heavy atom. The van der Waals surface area contributed by atoms with Gasteiger partial charge in [0.25, 0.3) is 0 Å². The number of benzene rings is 2. The number of carboxylic acids is 2. The average molecular weight is 625 g/mol. The van der Waals surface area contributed by atoms with Gasteiger partial charge in [0.2, 0.25) is 11.0 Å². The molecule has 4 heterocycles. The van der Waals surface area contributed by atoms with Crippen molar-refractivity contribution in [3.63, 3.8) is 0 Å². The number of alkyl halides is 6. The van der Waals surface area contributed by atoms with Gasteiger partial charge in [-0.15, -0.1) is 0 Å². The summed E-state index contributed by atoms with van der Waals surface area (Å²) >= 11 is 0. The average Bonchev–Trinajstić information content (AvgIpc) is 2.97. The van der Waals surface area contributed by atoms with Gasteiger partial charge in [-0.3, -0.25) is 0 Å². The Morgan fingerprint density at radius 3 is 1.27 bits per heavy atom. The summed E-state index contributed by atoms with van der Waals surface area (Å²) in [6, 6.07) is 22.0. The topological polar surface area (TPSA) is 112 Å². The number of pyridine rings is 2. The van der Waals surface area contributed by atoms with E-state index in [0.29, 0.717) is 0 Å². The summed E-state index contributed by atoms with van der Waals surface area (Å²) in [5.41, 5.74) is 5.11. The number of aromatic nitrogens is 2. The molecule has 0 saturated carbocycles. The van der Waals surface area contributed by atoms with E-state index in [1.54, 1.807) is 0 Å². The standard InChI is InChI=1S/C26H28N4.2C2HF3O2/c1-3-11-25-21(9-1)23-13-19-29(25)17-7-8-18-30-20-14-24(28-16-6-5-15-27-23)22-10-2-4-12-26(22)30;2*3-2(4,5)1(6)7/h1-4,9-14,19-20H,5-8,15-18H2;2*(H,6,7). The van der Waals surface area contributed by atoms with Crippen molar-refractivity contribution in [3.8, 4) is 0 Å². The predicted molar refractivity (Wildman–Crippen MR) is 146 cm³/mol.